The minimum atomic E-state index is 0.106. The van der Waals surface area contributed by atoms with Gasteiger partial charge in [-0.25, -0.2) is 0 Å². The van der Waals surface area contributed by atoms with Gasteiger partial charge in [0, 0.05) is 10.7 Å². The van der Waals surface area contributed by atoms with Gasteiger partial charge in [0.25, 0.3) is 0 Å². The number of rotatable bonds is 6. The van der Waals surface area contributed by atoms with Crippen molar-refractivity contribution in [3.8, 4) is 5.75 Å². The van der Waals surface area contributed by atoms with Crippen molar-refractivity contribution in [2.45, 2.75) is 12.8 Å². The van der Waals surface area contributed by atoms with Crippen LogP contribution in [0.1, 0.15) is 11.1 Å². The van der Waals surface area contributed by atoms with E-state index in [0.717, 1.165) is 23.5 Å². The molecule has 0 aliphatic carbocycles. The summed E-state index contributed by atoms with van der Waals surface area (Å²) in [6.45, 7) is 0. The maximum absolute atomic E-state index is 9.62. The predicted octanol–water partition coefficient (Wildman–Crippen LogP) is 4.95. The van der Waals surface area contributed by atoms with Crippen LogP contribution >= 0.6 is 31.9 Å². The van der Waals surface area contributed by atoms with Gasteiger partial charge in [0.05, 0.1) is 0 Å². The first-order valence-electron chi connectivity index (χ1n) is 6.61. The van der Waals surface area contributed by atoms with E-state index in [2.05, 4.69) is 62.2 Å². The minimum Gasteiger partial charge on any atom is -0.508 e. The van der Waals surface area contributed by atoms with Crippen LogP contribution in [0.25, 0.3) is 0 Å². The topological polar surface area (TPSA) is 20.2 Å². The molecule has 0 saturated heterocycles. The fourth-order valence-corrected chi connectivity index (χ4v) is 4.14. The Morgan fingerprint density at radius 2 is 1.40 bits per heavy atom. The summed E-state index contributed by atoms with van der Waals surface area (Å²) in [4.78, 5) is 0. The van der Waals surface area contributed by atoms with Gasteiger partial charge in [0.1, 0.15) is 5.75 Å². The second-order valence-corrected chi connectivity index (χ2v) is 6.40. The second kappa shape index (κ2) is 7.28. The number of hydrogen-bond donors (Lipinski definition) is 1. The van der Waals surface area contributed by atoms with Gasteiger partial charge >= 0.3 is 0 Å². The number of alkyl halides is 2. The predicted molar refractivity (Wildman–Crippen MR) is 92.0 cm³/mol. The van der Waals surface area contributed by atoms with Crippen LogP contribution in [-0.4, -0.2) is 15.8 Å². The molecule has 0 aromatic heterocycles. The molecule has 0 atom stereocenters. The molecule has 2 aromatic rings. The highest BCUT2D eigenvalue weighted by Crippen LogP contribution is 2.33. The van der Waals surface area contributed by atoms with Crippen molar-refractivity contribution < 1.29 is 5.11 Å². The molecule has 0 aliphatic heterocycles. The molecule has 106 valence electrons. The van der Waals surface area contributed by atoms with Crippen LogP contribution in [0.5, 0.6) is 5.75 Å². The molecule has 0 spiro atoms. The van der Waals surface area contributed by atoms with Gasteiger partial charge < -0.3 is 5.11 Å². The molecule has 3 heteroatoms. The Hall–Kier alpha value is -0.800. The highest BCUT2D eigenvalue weighted by Gasteiger charge is 2.28. The molecule has 20 heavy (non-hydrogen) atoms. The van der Waals surface area contributed by atoms with Crippen molar-refractivity contribution in [2.24, 2.45) is 5.41 Å². The summed E-state index contributed by atoms with van der Waals surface area (Å²) in [6.07, 6.45) is 1.92. The van der Waals surface area contributed by atoms with E-state index in [4.69, 9.17) is 0 Å². The Morgan fingerprint density at radius 1 is 0.800 bits per heavy atom. The van der Waals surface area contributed by atoms with Gasteiger partial charge in [-0.15, -0.1) is 0 Å². The van der Waals surface area contributed by atoms with Gasteiger partial charge in [-0.1, -0.05) is 74.3 Å². The molecular formula is C17H18Br2O. The van der Waals surface area contributed by atoms with E-state index in [1.165, 1.54) is 11.1 Å². The van der Waals surface area contributed by atoms with Gasteiger partial charge in [0.15, 0.2) is 0 Å². The first-order valence-corrected chi connectivity index (χ1v) is 8.85. The van der Waals surface area contributed by atoms with Crippen molar-refractivity contribution in [3.05, 3.63) is 65.7 Å². The molecule has 0 radical (unpaired) electrons. The SMILES string of the molecule is Oc1cccc(CC(CBr)(CBr)Cc2ccccc2)c1. The second-order valence-electron chi connectivity index (χ2n) is 5.28. The highest BCUT2D eigenvalue weighted by molar-refractivity contribution is 9.09. The lowest BCUT2D eigenvalue weighted by atomic mass is 9.80. The lowest BCUT2D eigenvalue weighted by molar-refractivity contribution is 0.385. The van der Waals surface area contributed by atoms with Crippen molar-refractivity contribution in [1.82, 2.24) is 0 Å². The first-order chi connectivity index (χ1) is 9.67. The summed E-state index contributed by atoms with van der Waals surface area (Å²) in [5.74, 6) is 0.334. The number of aromatic hydroxyl groups is 1. The van der Waals surface area contributed by atoms with Gasteiger partial charge in [-0.05, 0) is 41.5 Å². The highest BCUT2D eigenvalue weighted by atomic mass is 79.9. The zero-order chi connectivity index (χ0) is 14.4. The summed E-state index contributed by atoms with van der Waals surface area (Å²) in [7, 11) is 0. The number of benzene rings is 2. The summed E-state index contributed by atoms with van der Waals surface area (Å²) in [6, 6.07) is 18.1. The molecule has 0 fully saturated rings. The fraction of sp³-hybridized carbons (Fsp3) is 0.294. The van der Waals surface area contributed by atoms with E-state index in [9.17, 15) is 5.11 Å². The Balaban J connectivity index is 2.21. The lowest BCUT2D eigenvalue weighted by Crippen LogP contribution is -2.30. The number of phenolic OH excluding ortho intramolecular Hbond substituents is 1. The summed E-state index contributed by atoms with van der Waals surface area (Å²) in [5.41, 5.74) is 2.61. The standard InChI is InChI=1S/C17H18Br2O/c18-12-17(13-19,10-14-5-2-1-3-6-14)11-15-7-4-8-16(20)9-15/h1-9,20H,10-13H2. The van der Waals surface area contributed by atoms with Crippen molar-refractivity contribution >= 4 is 31.9 Å². The third-order valence-electron chi connectivity index (χ3n) is 3.48. The Kier molecular flexibility index (Phi) is 5.67. The largest absolute Gasteiger partial charge is 0.508 e. The first kappa shape index (κ1) is 15.6. The Bertz CT molecular complexity index is 536. The average Bonchev–Trinajstić information content (AvgIpc) is 2.47. The van der Waals surface area contributed by atoms with Gasteiger partial charge in [-0.2, -0.15) is 0 Å². The van der Waals surface area contributed by atoms with Gasteiger partial charge in [0.2, 0.25) is 0 Å². The zero-order valence-corrected chi connectivity index (χ0v) is 14.4. The Morgan fingerprint density at radius 3 is 2.00 bits per heavy atom. The third-order valence-corrected chi connectivity index (χ3v) is 5.86. The minimum absolute atomic E-state index is 0.106. The molecular weight excluding hydrogens is 380 g/mol. The van der Waals surface area contributed by atoms with E-state index in [0.29, 0.717) is 5.75 Å². The van der Waals surface area contributed by atoms with E-state index < -0.39 is 0 Å². The molecule has 0 amide bonds. The van der Waals surface area contributed by atoms with Crippen LogP contribution in [0, 0.1) is 5.41 Å². The van der Waals surface area contributed by atoms with Crippen molar-refractivity contribution in [2.75, 3.05) is 10.7 Å². The quantitative estimate of drug-likeness (QED) is 0.683. The Labute approximate surface area is 137 Å². The summed E-state index contributed by atoms with van der Waals surface area (Å²) in [5, 5.41) is 11.4. The number of hydrogen-bond acceptors (Lipinski definition) is 1. The molecule has 0 aliphatic rings. The monoisotopic (exact) mass is 396 g/mol. The van der Waals surface area contributed by atoms with Gasteiger partial charge in [-0.3, -0.25) is 0 Å². The molecule has 0 heterocycles. The van der Waals surface area contributed by atoms with E-state index in [-0.39, 0.29) is 5.41 Å². The van der Waals surface area contributed by atoms with Crippen LogP contribution < -0.4 is 0 Å². The van der Waals surface area contributed by atoms with Crippen molar-refractivity contribution in [3.63, 3.8) is 0 Å². The molecule has 1 N–H and O–H groups in total. The van der Waals surface area contributed by atoms with Crippen molar-refractivity contribution in [1.29, 1.82) is 0 Å². The maximum atomic E-state index is 9.62. The molecule has 0 unspecified atom stereocenters. The van der Waals surface area contributed by atoms with E-state index in [1.807, 2.05) is 18.2 Å². The lowest BCUT2D eigenvalue weighted by Gasteiger charge is -2.30. The normalized spacial score (nSPS) is 11.5. The summed E-state index contributed by atoms with van der Waals surface area (Å²) >= 11 is 7.35. The molecule has 2 rings (SSSR count). The van der Waals surface area contributed by atoms with Crippen LogP contribution in [0.4, 0.5) is 0 Å². The average molecular weight is 398 g/mol. The summed E-state index contributed by atoms with van der Waals surface area (Å²) < 4.78 is 0. The maximum Gasteiger partial charge on any atom is 0.115 e. The molecule has 0 bridgehead atoms. The zero-order valence-electron chi connectivity index (χ0n) is 11.2. The van der Waals surface area contributed by atoms with Crippen LogP contribution in [0.3, 0.4) is 0 Å². The van der Waals surface area contributed by atoms with E-state index >= 15 is 0 Å². The fourth-order valence-electron chi connectivity index (χ4n) is 2.42. The molecule has 1 nitrogen and oxygen atoms in total. The van der Waals surface area contributed by atoms with E-state index in [1.54, 1.807) is 6.07 Å². The van der Waals surface area contributed by atoms with Crippen LogP contribution in [0.2, 0.25) is 0 Å². The van der Waals surface area contributed by atoms with Crippen LogP contribution in [-0.2, 0) is 12.8 Å². The molecule has 0 saturated carbocycles. The smallest absolute Gasteiger partial charge is 0.115 e. The molecule has 2 aromatic carbocycles. The number of halogens is 2. The number of phenols is 1. The third kappa shape index (κ3) is 4.10. The van der Waals surface area contributed by atoms with Crippen LogP contribution in [0.15, 0.2) is 54.6 Å².